The first-order chi connectivity index (χ1) is 16.7. The third-order valence-electron chi connectivity index (χ3n) is 5.94. The molecule has 0 spiro atoms. The average Bonchev–Trinajstić information content (AvgIpc) is 3.61. The molecule has 14 heteroatoms. The summed E-state index contributed by atoms with van der Waals surface area (Å²) < 4.78 is 49.1. The van der Waals surface area contributed by atoms with Gasteiger partial charge in [-0.15, -0.1) is 27.8 Å². The number of halogens is 3. The van der Waals surface area contributed by atoms with Crippen LogP contribution in [0.15, 0.2) is 29.9 Å². The van der Waals surface area contributed by atoms with E-state index in [2.05, 4.69) is 25.5 Å². The molecule has 0 fully saturated rings. The zero-order valence-corrected chi connectivity index (χ0v) is 19.8. The molecule has 6 rings (SSSR count). The Hall–Kier alpha value is -3.52. The Labute approximate surface area is 203 Å². The number of thiophene rings is 2. The number of aromatic nitrogens is 6. The summed E-state index contributed by atoms with van der Waals surface area (Å²) in [7, 11) is 1.30. The summed E-state index contributed by atoms with van der Waals surface area (Å²) in [5, 5.41) is 14.3. The lowest BCUT2D eigenvalue weighted by Crippen LogP contribution is -2.35. The first kappa shape index (κ1) is 22.0. The number of carbonyl (C=O) groups excluding carboxylic acids is 1. The van der Waals surface area contributed by atoms with Gasteiger partial charge in [-0.05, 0) is 23.9 Å². The zero-order valence-electron chi connectivity index (χ0n) is 18.2. The van der Waals surface area contributed by atoms with Crippen molar-refractivity contribution in [3.05, 3.63) is 45.2 Å². The van der Waals surface area contributed by atoms with Crippen molar-refractivity contribution >= 4 is 50.3 Å². The molecule has 0 aromatic carbocycles. The van der Waals surface area contributed by atoms with Gasteiger partial charge in [-0.2, -0.15) is 18.3 Å². The summed E-state index contributed by atoms with van der Waals surface area (Å²) in [4.78, 5) is 22.8. The molecular weight excluding hydrogens is 503 g/mol. The first-order valence-electron chi connectivity index (χ1n) is 10.4. The average molecular weight is 520 g/mol. The Morgan fingerprint density at radius 1 is 1.31 bits per heavy atom. The molecule has 0 saturated heterocycles. The molecule has 2 atom stereocenters. The number of alkyl halides is 3. The van der Waals surface area contributed by atoms with Crippen molar-refractivity contribution in [2.45, 2.75) is 31.6 Å². The number of hydrogen-bond donors (Lipinski definition) is 1. The molecule has 0 radical (unpaired) electrons. The standard InChI is InChI=1S/C21H16F3N7O2S2/c1-9-15-18-27-17(29-30(18)8-25-19(15)35-16(9)20(32)33-2)11-7-14-26-10(12-4-3-5-34-12)6-13(21(22,23)24)31(14)28-11/h3-5,7-8,10,13,26H,6H2,1-2H3/t10-,13+/m0/s1. The summed E-state index contributed by atoms with van der Waals surface area (Å²) in [5.41, 5.74) is 1.28. The van der Waals surface area contributed by atoms with Gasteiger partial charge in [-0.3, -0.25) is 0 Å². The van der Waals surface area contributed by atoms with Crippen LogP contribution in [0.3, 0.4) is 0 Å². The minimum Gasteiger partial charge on any atom is -0.465 e. The van der Waals surface area contributed by atoms with Crippen LogP contribution in [0, 0.1) is 6.92 Å². The molecule has 9 nitrogen and oxygen atoms in total. The van der Waals surface area contributed by atoms with Crippen molar-refractivity contribution in [1.82, 2.24) is 29.4 Å². The van der Waals surface area contributed by atoms with Crippen LogP contribution in [0.4, 0.5) is 19.0 Å². The number of nitrogens with zero attached hydrogens (tertiary/aromatic N) is 6. The van der Waals surface area contributed by atoms with E-state index in [0.717, 1.165) is 9.56 Å². The van der Waals surface area contributed by atoms with E-state index < -0.39 is 24.2 Å². The fourth-order valence-electron chi connectivity index (χ4n) is 4.29. The van der Waals surface area contributed by atoms with Crippen LogP contribution in [0.1, 0.15) is 38.6 Å². The molecule has 6 heterocycles. The molecule has 0 amide bonds. The Kier molecular flexibility index (Phi) is 4.86. The van der Waals surface area contributed by atoms with Gasteiger partial charge >= 0.3 is 12.1 Å². The Morgan fingerprint density at radius 2 is 2.14 bits per heavy atom. The minimum absolute atomic E-state index is 0.154. The molecule has 0 bridgehead atoms. The topological polar surface area (TPSA) is 99.2 Å². The number of ether oxygens (including phenoxy) is 1. The highest BCUT2D eigenvalue weighted by Gasteiger charge is 2.47. The number of methoxy groups -OCH3 is 1. The van der Waals surface area contributed by atoms with Crippen LogP contribution in [0.25, 0.3) is 27.4 Å². The molecule has 0 saturated carbocycles. The largest absolute Gasteiger partial charge is 0.465 e. The van der Waals surface area contributed by atoms with Crippen LogP contribution in [0.2, 0.25) is 0 Å². The van der Waals surface area contributed by atoms with E-state index in [9.17, 15) is 18.0 Å². The maximum atomic E-state index is 14.0. The molecule has 5 aromatic heterocycles. The first-order valence-corrected chi connectivity index (χ1v) is 12.1. The fourth-order valence-corrected chi connectivity index (χ4v) is 6.14. The smallest absolute Gasteiger partial charge is 0.410 e. The van der Waals surface area contributed by atoms with Crippen molar-refractivity contribution in [2.24, 2.45) is 0 Å². The number of anilines is 1. The van der Waals surface area contributed by atoms with E-state index in [4.69, 9.17) is 4.74 Å². The fraction of sp³-hybridized carbons (Fsp3) is 0.286. The summed E-state index contributed by atoms with van der Waals surface area (Å²) in [6, 6.07) is 2.89. The van der Waals surface area contributed by atoms with Crippen LogP contribution >= 0.6 is 22.7 Å². The Balaban J connectivity index is 1.46. The van der Waals surface area contributed by atoms with E-state index in [-0.39, 0.29) is 23.8 Å². The molecule has 1 aliphatic heterocycles. The van der Waals surface area contributed by atoms with Crippen molar-refractivity contribution in [3.8, 4) is 11.5 Å². The normalized spacial score (nSPS) is 18.1. The third kappa shape index (κ3) is 3.46. The maximum Gasteiger partial charge on any atom is 0.410 e. The van der Waals surface area contributed by atoms with Gasteiger partial charge < -0.3 is 10.1 Å². The minimum atomic E-state index is -4.48. The molecule has 5 aromatic rings. The molecule has 1 aliphatic rings. The molecule has 0 aliphatic carbocycles. The molecule has 0 unspecified atom stereocenters. The van der Waals surface area contributed by atoms with Crippen molar-refractivity contribution in [1.29, 1.82) is 0 Å². The predicted octanol–water partition coefficient (Wildman–Crippen LogP) is 5.02. The summed E-state index contributed by atoms with van der Waals surface area (Å²) >= 11 is 2.58. The number of nitrogens with one attached hydrogen (secondary N) is 1. The molecule has 180 valence electrons. The number of carbonyl (C=O) groups is 1. The lowest BCUT2D eigenvalue weighted by atomic mass is 10.0. The SMILES string of the molecule is COC(=O)c1sc2ncn3nc(-c4cc5n(n4)[C@@H](C(F)(F)F)C[C@@H](c4cccs4)N5)nc3c2c1C. The second-order valence-electron chi connectivity index (χ2n) is 8.04. The van der Waals surface area contributed by atoms with E-state index >= 15 is 0 Å². The van der Waals surface area contributed by atoms with Crippen molar-refractivity contribution in [3.63, 3.8) is 0 Å². The van der Waals surface area contributed by atoms with Crippen molar-refractivity contribution < 1.29 is 22.7 Å². The van der Waals surface area contributed by atoms with Gasteiger partial charge in [-0.1, -0.05) is 6.07 Å². The lowest BCUT2D eigenvalue weighted by molar-refractivity contribution is -0.173. The lowest BCUT2D eigenvalue weighted by Gasteiger charge is -2.32. The van der Waals surface area contributed by atoms with E-state index in [0.29, 0.717) is 26.3 Å². The second kappa shape index (κ2) is 7.75. The monoisotopic (exact) mass is 519 g/mol. The predicted molar refractivity (Wildman–Crippen MR) is 124 cm³/mol. The quantitative estimate of drug-likeness (QED) is 0.334. The molecule has 35 heavy (non-hydrogen) atoms. The zero-order chi connectivity index (χ0) is 24.5. The van der Waals surface area contributed by atoms with Crippen molar-refractivity contribution in [2.75, 3.05) is 12.4 Å². The third-order valence-corrected chi connectivity index (χ3v) is 8.11. The van der Waals surface area contributed by atoms with Gasteiger partial charge in [0.25, 0.3) is 0 Å². The van der Waals surface area contributed by atoms with Crippen LogP contribution < -0.4 is 5.32 Å². The number of rotatable bonds is 3. The van der Waals surface area contributed by atoms with Crippen LogP contribution in [-0.2, 0) is 4.74 Å². The highest BCUT2D eigenvalue weighted by atomic mass is 32.1. The van der Waals surface area contributed by atoms with E-state index in [1.54, 1.807) is 6.92 Å². The summed E-state index contributed by atoms with van der Waals surface area (Å²) in [6.45, 7) is 1.76. The maximum absolute atomic E-state index is 14.0. The van der Waals surface area contributed by atoms with Gasteiger partial charge in [0.2, 0.25) is 5.82 Å². The van der Waals surface area contributed by atoms with Gasteiger partial charge in [0.1, 0.15) is 27.5 Å². The van der Waals surface area contributed by atoms with Gasteiger partial charge in [0, 0.05) is 17.4 Å². The Morgan fingerprint density at radius 3 is 2.86 bits per heavy atom. The van der Waals surface area contributed by atoms with Gasteiger partial charge in [-0.25, -0.2) is 24.0 Å². The summed E-state index contributed by atoms with van der Waals surface area (Å²) in [6.07, 6.45) is -3.20. The molecule has 1 N–H and O–H groups in total. The van der Waals surface area contributed by atoms with E-state index in [1.807, 2.05) is 17.5 Å². The second-order valence-corrected chi connectivity index (χ2v) is 10.0. The van der Waals surface area contributed by atoms with Crippen LogP contribution in [-0.4, -0.2) is 48.6 Å². The number of aryl methyl sites for hydroxylation is 1. The molecular formula is C21H16F3N7O2S2. The highest BCUT2D eigenvalue weighted by molar-refractivity contribution is 7.20. The highest BCUT2D eigenvalue weighted by Crippen LogP contribution is 2.45. The van der Waals surface area contributed by atoms with Crippen LogP contribution in [0.5, 0.6) is 0 Å². The van der Waals surface area contributed by atoms with Gasteiger partial charge in [0.15, 0.2) is 11.7 Å². The van der Waals surface area contributed by atoms with E-state index in [1.165, 1.54) is 46.7 Å². The van der Waals surface area contributed by atoms with Gasteiger partial charge in [0.05, 0.1) is 18.5 Å². The number of esters is 1. The summed E-state index contributed by atoms with van der Waals surface area (Å²) in [5.74, 6) is -0.0784. The number of fused-ring (bicyclic) bond motifs is 4. The number of hydrogen-bond acceptors (Lipinski definition) is 9. The Bertz CT molecular complexity index is 1590.